The second-order valence-corrected chi connectivity index (χ2v) is 8.73. The summed E-state index contributed by atoms with van der Waals surface area (Å²) in [6.07, 6.45) is 1.02. The highest BCUT2D eigenvalue weighted by Crippen LogP contribution is 2.39. The monoisotopic (exact) mass is 382 g/mol. The summed E-state index contributed by atoms with van der Waals surface area (Å²) in [6.45, 7) is 5.40. The molecule has 1 aromatic carbocycles. The van der Waals surface area contributed by atoms with Crippen LogP contribution in [0.25, 0.3) is 0 Å². The summed E-state index contributed by atoms with van der Waals surface area (Å²) in [5, 5.41) is 7.42. The molecule has 0 fully saturated rings. The lowest BCUT2D eigenvalue weighted by atomic mass is 9.98. The largest absolute Gasteiger partial charge is 0.324 e. The van der Waals surface area contributed by atoms with Gasteiger partial charge in [0.25, 0.3) is 0 Å². The molecule has 0 aliphatic carbocycles. The third kappa shape index (κ3) is 3.34. The van der Waals surface area contributed by atoms with Gasteiger partial charge < -0.3 is 5.32 Å². The van der Waals surface area contributed by atoms with Crippen LogP contribution in [-0.2, 0) is 11.2 Å². The lowest BCUT2D eigenvalue weighted by molar-refractivity contribution is -0.117. The number of nitrogens with zero attached hydrogens (tertiary/aromatic N) is 1. The van der Waals surface area contributed by atoms with Gasteiger partial charge in [-0.05, 0) is 59.9 Å². The predicted molar refractivity (Wildman–Crippen MR) is 110 cm³/mol. The fraction of sp³-hybridized carbons (Fsp3) is 0.286. The van der Waals surface area contributed by atoms with Gasteiger partial charge in [0.05, 0.1) is 12.6 Å². The highest BCUT2D eigenvalue weighted by atomic mass is 32.1. The Morgan fingerprint density at radius 3 is 2.65 bits per heavy atom. The van der Waals surface area contributed by atoms with Gasteiger partial charge in [-0.15, -0.1) is 22.7 Å². The van der Waals surface area contributed by atoms with E-state index in [9.17, 15) is 4.79 Å². The van der Waals surface area contributed by atoms with Gasteiger partial charge in [0.2, 0.25) is 5.91 Å². The van der Waals surface area contributed by atoms with E-state index in [1.165, 1.54) is 15.3 Å². The number of rotatable bonds is 4. The molecule has 2 aromatic heterocycles. The Labute approximate surface area is 162 Å². The lowest BCUT2D eigenvalue weighted by Gasteiger charge is -2.35. The van der Waals surface area contributed by atoms with Crippen LogP contribution in [0.1, 0.15) is 32.5 Å². The van der Waals surface area contributed by atoms with Crippen molar-refractivity contribution in [3.05, 3.63) is 73.6 Å². The van der Waals surface area contributed by atoms with Crippen LogP contribution >= 0.6 is 22.7 Å². The standard InChI is InChI=1S/C21H22N2OS2/c1-14-5-3-6-15(2)20(14)22-19(24)13-23-10-8-17-16(9-12-26-17)21(23)18-7-4-11-25-18/h3-7,9,11-12,21H,8,10,13H2,1-2H3,(H,22,24)/t21-/m1/s1. The Morgan fingerprint density at radius 2 is 1.92 bits per heavy atom. The van der Waals surface area contributed by atoms with Crippen molar-refractivity contribution in [2.75, 3.05) is 18.4 Å². The van der Waals surface area contributed by atoms with Crippen molar-refractivity contribution in [2.45, 2.75) is 26.3 Å². The molecule has 1 amide bonds. The van der Waals surface area contributed by atoms with E-state index in [1.807, 2.05) is 43.4 Å². The zero-order chi connectivity index (χ0) is 18.1. The number of amides is 1. The van der Waals surface area contributed by atoms with E-state index in [1.54, 1.807) is 11.3 Å². The van der Waals surface area contributed by atoms with Crippen LogP contribution in [0.4, 0.5) is 5.69 Å². The van der Waals surface area contributed by atoms with Crippen molar-refractivity contribution >= 4 is 34.3 Å². The lowest BCUT2D eigenvalue weighted by Crippen LogP contribution is -2.40. The number of anilines is 1. The molecule has 0 spiro atoms. The number of hydrogen-bond donors (Lipinski definition) is 1. The quantitative estimate of drug-likeness (QED) is 0.688. The summed E-state index contributed by atoms with van der Waals surface area (Å²) in [5.74, 6) is 0.0580. The molecule has 0 saturated carbocycles. The minimum absolute atomic E-state index is 0.0580. The molecule has 26 heavy (non-hydrogen) atoms. The van der Waals surface area contributed by atoms with Crippen molar-refractivity contribution in [3.8, 4) is 0 Å². The topological polar surface area (TPSA) is 32.3 Å². The number of nitrogens with one attached hydrogen (secondary N) is 1. The molecule has 0 unspecified atom stereocenters. The molecule has 1 atom stereocenters. The van der Waals surface area contributed by atoms with Crippen LogP contribution in [0, 0.1) is 13.8 Å². The van der Waals surface area contributed by atoms with E-state index in [0.717, 1.165) is 29.8 Å². The Hall–Kier alpha value is -1.95. The number of benzene rings is 1. The molecule has 3 aromatic rings. The van der Waals surface area contributed by atoms with E-state index in [0.29, 0.717) is 6.54 Å². The Morgan fingerprint density at radius 1 is 1.12 bits per heavy atom. The molecule has 4 rings (SSSR count). The van der Waals surface area contributed by atoms with Gasteiger partial charge in [-0.1, -0.05) is 24.3 Å². The summed E-state index contributed by atoms with van der Waals surface area (Å²) < 4.78 is 0. The maximum atomic E-state index is 12.8. The molecular formula is C21H22N2OS2. The Balaban J connectivity index is 1.56. The summed E-state index contributed by atoms with van der Waals surface area (Å²) in [6, 6.07) is 12.8. The molecule has 1 aliphatic heterocycles. The van der Waals surface area contributed by atoms with Gasteiger partial charge in [0.1, 0.15) is 0 Å². The average Bonchev–Trinajstić information content (AvgIpc) is 3.29. The van der Waals surface area contributed by atoms with Crippen LogP contribution in [0.15, 0.2) is 47.2 Å². The minimum atomic E-state index is 0.0580. The maximum Gasteiger partial charge on any atom is 0.238 e. The van der Waals surface area contributed by atoms with E-state index < -0.39 is 0 Å². The van der Waals surface area contributed by atoms with Gasteiger partial charge in [-0.25, -0.2) is 0 Å². The molecule has 134 valence electrons. The number of thiophene rings is 2. The fourth-order valence-corrected chi connectivity index (χ4v) is 5.47. The normalized spacial score (nSPS) is 17.1. The van der Waals surface area contributed by atoms with Gasteiger partial charge in [0.15, 0.2) is 0 Å². The second-order valence-electron chi connectivity index (χ2n) is 6.75. The number of carbonyl (C=O) groups excluding carboxylic acids is 1. The minimum Gasteiger partial charge on any atom is -0.324 e. The summed E-state index contributed by atoms with van der Waals surface area (Å²) >= 11 is 3.60. The van der Waals surface area contributed by atoms with Crippen LogP contribution in [-0.4, -0.2) is 23.9 Å². The highest BCUT2D eigenvalue weighted by Gasteiger charge is 2.31. The molecule has 0 bridgehead atoms. The first kappa shape index (κ1) is 17.5. The average molecular weight is 383 g/mol. The van der Waals surface area contributed by atoms with E-state index >= 15 is 0 Å². The van der Waals surface area contributed by atoms with Crippen LogP contribution in [0.3, 0.4) is 0 Å². The molecule has 0 radical (unpaired) electrons. The van der Waals surface area contributed by atoms with Crippen LogP contribution < -0.4 is 5.32 Å². The predicted octanol–water partition coefficient (Wildman–Crippen LogP) is 5.01. The third-order valence-electron chi connectivity index (χ3n) is 4.97. The van der Waals surface area contributed by atoms with Crippen LogP contribution in [0.5, 0.6) is 0 Å². The van der Waals surface area contributed by atoms with Gasteiger partial charge >= 0.3 is 0 Å². The van der Waals surface area contributed by atoms with Crippen molar-refractivity contribution in [1.29, 1.82) is 0 Å². The summed E-state index contributed by atoms with van der Waals surface area (Å²) in [7, 11) is 0. The second kappa shape index (κ2) is 7.35. The first-order chi connectivity index (χ1) is 12.6. The summed E-state index contributed by atoms with van der Waals surface area (Å²) in [4.78, 5) is 17.9. The number of para-hydroxylation sites is 1. The Bertz CT molecular complexity index is 894. The number of carbonyl (C=O) groups is 1. The number of hydrogen-bond acceptors (Lipinski definition) is 4. The highest BCUT2D eigenvalue weighted by molar-refractivity contribution is 7.10. The Kier molecular flexibility index (Phi) is 4.94. The van der Waals surface area contributed by atoms with E-state index in [4.69, 9.17) is 0 Å². The molecule has 3 nitrogen and oxygen atoms in total. The van der Waals surface area contributed by atoms with Crippen molar-refractivity contribution in [2.24, 2.45) is 0 Å². The maximum absolute atomic E-state index is 12.8. The van der Waals surface area contributed by atoms with Gasteiger partial charge in [-0.3, -0.25) is 9.69 Å². The van der Waals surface area contributed by atoms with E-state index in [2.05, 4.69) is 39.2 Å². The molecule has 0 saturated heterocycles. The molecule has 5 heteroatoms. The van der Waals surface area contributed by atoms with Crippen molar-refractivity contribution < 1.29 is 4.79 Å². The third-order valence-corrected chi connectivity index (χ3v) is 6.89. The molecule has 1 aliphatic rings. The summed E-state index contributed by atoms with van der Waals surface area (Å²) in [5.41, 5.74) is 4.51. The molecular weight excluding hydrogens is 360 g/mol. The van der Waals surface area contributed by atoms with Crippen molar-refractivity contribution in [3.63, 3.8) is 0 Å². The number of aryl methyl sites for hydroxylation is 2. The number of fused-ring (bicyclic) bond motifs is 1. The van der Waals surface area contributed by atoms with Crippen LogP contribution in [0.2, 0.25) is 0 Å². The zero-order valence-electron chi connectivity index (χ0n) is 15.0. The fourth-order valence-electron chi connectivity index (χ4n) is 3.69. The van der Waals surface area contributed by atoms with Gasteiger partial charge in [0, 0.05) is 22.0 Å². The zero-order valence-corrected chi connectivity index (χ0v) is 16.6. The smallest absolute Gasteiger partial charge is 0.238 e. The first-order valence-corrected chi connectivity index (χ1v) is 10.6. The first-order valence-electron chi connectivity index (χ1n) is 8.83. The van der Waals surface area contributed by atoms with Gasteiger partial charge in [-0.2, -0.15) is 0 Å². The molecule has 3 heterocycles. The molecule has 1 N–H and O–H groups in total. The van der Waals surface area contributed by atoms with Crippen molar-refractivity contribution in [1.82, 2.24) is 4.90 Å². The SMILES string of the molecule is Cc1cccc(C)c1NC(=O)CN1CCc2sccc2[C@@H]1c1cccs1. The van der Waals surface area contributed by atoms with E-state index in [-0.39, 0.29) is 11.9 Å².